The Morgan fingerprint density at radius 3 is 2.60 bits per heavy atom. The molecule has 0 atom stereocenters. The number of rotatable bonds is 5. The highest BCUT2D eigenvalue weighted by atomic mass is 35.5. The Labute approximate surface area is 120 Å². The summed E-state index contributed by atoms with van der Waals surface area (Å²) in [5.41, 5.74) is 6.09. The molecule has 0 aliphatic heterocycles. The van der Waals surface area contributed by atoms with Crippen molar-refractivity contribution < 1.29 is 22.7 Å². The number of hydrogen-bond acceptors (Lipinski definition) is 3. The Balaban J connectivity index is 0.00000361. The highest BCUT2D eigenvalue weighted by molar-refractivity contribution is 5.91. The second-order valence-electron chi connectivity index (χ2n) is 3.92. The number of ether oxygens (including phenoxy) is 1. The van der Waals surface area contributed by atoms with Crippen LogP contribution >= 0.6 is 12.4 Å². The van der Waals surface area contributed by atoms with E-state index < -0.39 is 12.8 Å². The summed E-state index contributed by atoms with van der Waals surface area (Å²) in [6.45, 7) is 0.410. The third-order valence-corrected chi connectivity index (χ3v) is 2.32. The smallest absolute Gasteiger partial charge is 0.422 e. The number of benzene rings is 1. The standard InChI is InChI=1S/C12H15F3N2O2.ClH/c1-8-9(17-11(18)5-6-16)3-2-4-10(8)19-7-12(13,14)15;/h2-4H,5-7,16H2,1H3,(H,17,18);1H. The molecule has 114 valence electrons. The third kappa shape index (κ3) is 6.12. The SMILES string of the molecule is Cc1c(NC(=O)CCN)cccc1OCC(F)(F)F.Cl. The van der Waals surface area contributed by atoms with Gasteiger partial charge in [0.15, 0.2) is 6.61 Å². The lowest BCUT2D eigenvalue weighted by Crippen LogP contribution is -2.20. The van der Waals surface area contributed by atoms with Gasteiger partial charge in [0.2, 0.25) is 5.91 Å². The first-order valence-corrected chi connectivity index (χ1v) is 5.62. The maximum atomic E-state index is 12.1. The van der Waals surface area contributed by atoms with Crippen molar-refractivity contribution in [1.29, 1.82) is 0 Å². The molecular formula is C12H16ClF3N2O2. The van der Waals surface area contributed by atoms with Crippen LogP contribution in [-0.4, -0.2) is 25.2 Å². The van der Waals surface area contributed by atoms with Gasteiger partial charge >= 0.3 is 6.18 Å². The average molecular weight is 313 g/mol. The summed E-state index contributed by atoms with van der Waals surface area (Å²) in [5.74, 6) is -0.207. The number of halogens is 4. The van der Waals surface area contributed by atoms with Crippen LogP contribution in [0, 0.1) is 6.92 Å². The van der Waals surface area contributed by atoms with Crippen molar-refractivity contribution in [3.63, 3.8) is 0 Å². The van der Waals surface area contributed by atoms with Crippen molar-refractivity contribution in [2.75, 3.05) is 18.5 Å². The summed E-state index contributed by atoms with van der Waals surface area (Å²) in [6.07, 6.45) is -4.25. The molecule has 0 fully saturated rings. The van der Waals surface area contributed by atoms with Crippen molar-refractivity contribution in [1.82, 2.24) is 0 Å². The van der Waals surface area contributed by atoms with Crippen molar-refractivity contribution >= 4 is 24.0 Å². The number of alkyl halides is 3. The summed E-state index contributed by atoms with van der Waals surface area (Å²) in [6, 6.07) is 4.51. The predicted octanol–water partition coefficient (Wildman–Crippen LogP) is 2.65. The van der Waals surface area contributed by atoms with E-state index in [4.69, 9.17) is 5.73 Å². The number of carbonyl (C=O) groups excluding carboxylic acids is 1. The highest BCUT2D eigenvalue weighted by Crippen LogP contribution is 2.27. The number of amides is 1. The molecule has 0 unspecified atom stereocenters. The molecule has 3 N–H and O–H groups in total. The van der Waals surface area contributed by atoms with Crippen LogP contribution in [0.2, 0.25) is 0 Å². The molecule has 0 aromatic heterocycles. The minimum absolute atomic E-state index is 0. The molecule has 0 aliphatic carbocycles. The van der Waals surface area contributed by atoms with Gasteiger partial charge in [0.1, 0.15) is 5.75 Å². The van der Waals surface area contributed by atoms with Gasteiger partial charge in [-0.3, -0.25) is 4.79 Å². The molecule has 4 nitrogen and oxygen atoms in total. The van der Waals surface area contributed by atoms with Crippen LogP contribution in [-0.2, 0) is 4.79 Å². The lowest BCUT2D eigenvalue weighted by molar-refractivity contribution is -0.153. The second-order valence-corrected chi connectivity index (χ2v) is 3.92. The van der Waals surface area contributed by atoms with Crippen LogP contribution in [0.15, 0.2) is 18.2 Å². The van der Waals surface area contributed by atoms with Crippen LogP contribution in [0.5, 0.6) is 5.75 Å². The molecule has 0 bridgehead atoms. The van der Waals surface area contributed by atoms with Gasteiger partial charge in [-0.15, -0.1) is 12.4 Å². The van der Waals surface area contributed by atoms with E-state index in [1.807, 2.05) is 0 Å². The largest absolute Gasteiger partial charge is 0.484 e. The molecule has 0 aliphatic rings. The van der Waals surface area contributed by atoms with E-state index in [9.17, 15) is 18.0 Å². The Kier molecular flexibility index (Phi) is 7.38. The molecule has 0 spiro atoms. The normalized spacial score (nSPS) is 10.7. The summed E-state index contributed by atoms with van der Waals surface area (Å²) >= 11 is 0. The first-order chi connectivity index (χ1) is 8.83. The van der Waals surface area contributed by atoms with Crippen molar-refractivity contribution in [2.24, 2.45) is 5.73 Å². The van der Waals surface area contributed by atoms with E-state index in [0.717, 1.165) is 0 Å². The summed E-state index contributed by atoms with van der Waals surface area (Å²) in [4.78, 5) is 11.4. The van der Waals surface area contributed by atoms with Gasteiger partial charge < -0.3 is 15.8 Å². The number of carbonyl (C=O) groups is 1. The highest BCUT2D eigenvalue weighted by Gasteiger charge is 2.28. The fraction of sp³-hybridized carbons (Fsp3) is 0.417. The average Bonchev–Trinajstić information content (AvgIpc) is 2.29. The van der Waals surface area contributed by atoms with Crippen molar-refractivity contribution in [2.45, 2.75) is 19.5 Å². The van der Waals surface area contributed by atoms with Crippen molar-refractivity contribution in [3.05, 3.63) is 23.8 Å². The van der Waals surface area contributed by atoms with Gasteiger partial charge in [0.05, 0.1) is 0 Å². The van der Waals surface area contributed by atoms with Crippen LogP contribution in [0.1, 0.15) is 12.0 Å². The predicted molar refractivity (Wildman–Crippen MR) is 72.3 cm³/mol. The van der Waals surface area contributed by atoms with Gasteiger partial charge in [-0.1, -0.05) is 6.07 Å². The molecule has 0 saturated heterocycles. The minimum atomic E-state index is -4.40. The third-order valence-electron chi connectivity index (χ3n) is 2.32. The minimum Gasteiger partial charge on any atom is -0.484 e. The molecule has 8 heteroatoms. The van der Waals surface area contributed by atoms with E-state index in [1.165, 1.54) is 12.1 Å². The zero-order chi connectivity index (χ0) is 14.5. The Bertz CT molecular complexity index is 453. The van der Waals surface area contributed by atoms with E-state index in [-0.39, 0.29) is 37.0 Å². The zero-order valence-corrected chi connectivity index (χ0v) is 11.6. The quantitative estimate of drug-likeness (QED) is 0.878. The molecule has 1 aromatic carbocycles. The van der Waals surface area contributed by atoms with Gasteiger partial charge in [-0.2, -0.15) is 13.2 Å². The second kappa shape index (κ2) is 7.96. The summed E-state index contributed by atoms with van der Waals surface area (Å²) in [7, 11) is 0. The molecule has 1 rings (SSSR count). The Morgan fingerprint density at radius 1 is 1.40 bits per heavy atom. The van der Waals surface area contributed by atoms with Crippen LogP contribution in [0.25, 0.3) is 0 Å². The van der Waals surface area contributed by atoms with Crippen LogP contribution in [0.4, 0.5) is 18.9 Å². The number of nitrogens with two attached hydrogens (primary N) is 1. The van der Waals surface area contributed by atoms with Gasteiger partial charge in [0, 0.05) is 24.2 Å². The number of hydrogen-bond donors (Lipinski definition) is 2. The topological polar surface area (TPSA) is 64.4 Å². The Morgan fingerprint density at radius 2 is 2.05 bits per heavy atom. The van der Waals surface area contributed by atoms with E-state index >= 15 is 0 Å². The maximum Gasteiger partial charge on any atom is 0.422 e. The maximum absolute atomic E-state index is 12.1. The van der Waals surface area contributed by atoms with Gasteiger partial charge in [0.25, 0.3) is 0 Å². The summed E-state index contributed by atoms with van der Waals surface area (Å²) in [5, 5.41) is 2.57. The number of nitrogens with one attached hydrogen (secondary N) is 1. The fourth-order valence-electron chi connectivity index (χ4n) is 1.41. The van der Waals surface area contributed by atoms with Gasteiger partial charge in [-0.05, 0) is 19.1 Å². The molecule has 1 amide bonds. The fourth-order valence-corrected chi connectivity index (χ4v) is 1.41. The summed E-state index contributed by atoms with van der Waals surface area (Å²) < 4.78 is 40.9. The lowest BCUT2D eigenvalue weighted by Gasteiger charge is -2.14. The van der Waals surface area contributed by atoms with E-state index in [2.05, 4.69) is 10.1 Å². The molecular weight excluding hydrogens is 297 g/mol. The van der Waals surface area contributed by atoms with Crippen LogP contribution in [0.3, 0.4) is 0 Å². The molecule has 0 heterocycles. The van der Waals surface area contributed by atoms with Crippen molar-refractivity contribution in [3.8, 4) is 5.75 Å². The van der Waals surface area contributed by atoms with E-state index in [0.29, 0.717) is 11.3 Å². The molecule has 0 radical (unpaired) electrons. The lowest BCUT2D eigenvalue weighted by atomic mass is 10.1. The number of anilines is 1. The molecule has 1 aromatic rings. The van der Waals surface area contributed by atoms with Crippen LogP contribution < -0.4 is 15.8 Å². The first-order valence-electron chi connectivity index (χ1n) is 5.62. The monoisotopic (exact) mass is 312 g/mol. The molecule has 20 heavy (non-hydrogen) atoms. The Hall–Kier alpha value is -1.47. The van der Waals surface area contributed by atoms with Gasteiger partial charge in [-0.25, -0.2) is 0 Å². The molecule has 0 saturated carbocycles. The first kappa shape index (κ1) is 18.5. The van der Waals surface area contributed by atoms with E-state index in [1.54, 1.807) is 13.0 Å². The zero-order valence-electron chi connectivity index (χ0n) is 10.8.